The third-order valence-electron chi connectivity index (χ3n) is 5.21. The molecule has 0 saturated carbocycles. The molecule has 6 heteroatoms. The van der Waals surface area contributed by atoms with Crippen LogP contribution < -0.4 is 9.47 Å². The summed E-state index contributed by atoms with van der Waals surface area (Å²) in [6.07, 6.45) is 3.32. The highest BCUT2D eigenvalue weighted by Crippen LogP contribution is 2.39. The number of carboxylic acids is 1. The van der Waals surface area contributed by atoms with Gasteiger partial charge < -0.3 is 14.6 Å². The fourth-order valence-corrected chi connectivity index (χ4v) is 3.80. The molecule has 1 aliphatic rings. The lowest BCUT2D eigenvalue weighted by Gasteiger charge is -2.38. The molecule has 1 aromatic carbocycles. The molecule has 1 saturated heterocycles. The Morgan fingerprint density at radius 3 is 2.78 bits per heavy atom. The van der Waals surface area contributed by atoms with Crippen molar-refractivity contribution in [1.82, 2.24) is 9.88 Å². The molecule has 0 radical (unpaired) electrons. The number of carboxylic acid groups (broad SMARTS) is 1. The van der Waals surface area contributed by atoms with Gasteiger partial charge >= 0.3 is 5.97 Å². The lowest BCUT2D eigenvalue weighted by molar-refractivity contribution is -0.143. The molecule has 2 aromatic rings. The SMILES string of the molecule is COc1ccc(OC)c(C(c2ncccc2C)N2CCCC(C(=O)O)C2)c1. The van der Waals surface area contributed by atoms with E-state index in [1.54, 1.807) is 20.4 Å². The Balaban J connectivity index is 2.11. The summed E-state index contributed by atoms with van der Waals surface area (Å²) >= 11 is 0. The molecule has 1 aliphatic heterocycles. The zero-order valence-electron chi connectivity index (χ0n) is 16.0. The molecule has 6 nitrogen and oxygen atoms in total. The molecule has 2 unspecified atom stereocenters. The zero-order chi connectivity index (χ0) is 19.4. The van der Waals surface area contributed by atoms with E-state index in [4.69, 9.17) is 9.47 Å². The van der Waals surface area contributed by atoms with Gasteiger partial charge in [0.15, 0.2) is 0 Å². The molecule has 0 bridgehead atoms. The summed E-state index contributed by atoms with van der Waals surface area (Å²) in [4.78, 5) is 18.4. The first kappa shape index (κ1) is 19.2. The highest BCUT2D eigenvalue weighted by Gasteiger charge is 2.34. The number of piperidine rings is 1. The number of nitrogens with zero attached hydrogens (tertiary/aromatic N) is 2. The Morgan fingerprint density at radius 1 is 1.30 bits per heavy atom. The number of hydrogen-bond donors (Lipinski definition) is 1. The summed E-state index contributed by atoms with van der Waals surface area (Å²) in [7, 11) is 3.28. The number of likely N-dealkylation sites (tertiary alicyclic amines) is 1. The maximum atomic E-state index is 11.6. The monoisotopic (exact) mass is 370 g/mol. The van der Waals surface area contributed by atoms with E-state index in [2.05, 4.69) is 9.88 Å². The molecule has 1 fully saturated rings. The van der Waals surface area contributed by atoms with Gasteiger partial charge in [0.25, 0.3) is 0 Å². The summed E-state index contributed by atoms with van der Waals surface area (Å²) in [6.45, 7) is 3.32. The van der Waals surface area contributed by atoms with E-state index in [1.165, 1.54) is 0 Å². The van der Waals surface area contributed by atoms with E-state index in [1.807, 2.05) is 37.3 Å². The Morgan fingerprint density at radius 2 is 2.11 bits per heavy atom. The summed E-state index contributed by atoms with van der Waals surface area (Å²) in [5.41, 5.74) is 2.91. The number of pyridine rings is 1. The normalized spacial score (nSPS) is 18.7. The number of aliphatic carboxylic acids is 1. The van der Waals surface area contributed by atoms with Gasteiger partial charge in [0.2, 0.25) is 0 Å². The zero-order valence-corrected chi connectivity index (χ0v) is 16.0. The molecule has 1 N–H and O–H groups in total. The van der Waals surface area contributed by atoms with Crippen molar-refractivity contribution in [2.75, 3.05) is 27.3 Å². The summed E-state index contributed by atoms with van der Waals surface area (Å²) in [5, 5.41) is 9.53. The predicted molar refractivity (Wildman–Crippen MR) is 102 cm³/mol. The molecule has 27 heavy (non-hydrogen) atoms. The minimum Gasteiger partial charge on any atom is -0.497 e. The first-order valence-corrected chi connectivity index (χ1v) is 9.15. The second-order valence-electron chi connectivity index (χ2n) is 6.89. The van der Waals surface area contributed by atoms with Gasteiger partial charge in [0, 0.05) is 18.3 Å². The maximum absolute atomic E-state index is 11.6. The van der Waals surface area contributed by atoms with Crippen LogP contribution in [0.15, 0.2) is 36.5 Å². The van der Waals surface area contributed by atoms with Crippen LogP contribution in [0.3, 0.4) is 0 Å². The van der Waals surface area contributed by atoms with E-state index < -0.39 is 5.97 Å². The molecule has 2 heterocycles. The van der Waals surface area contributed by atoms with Crippen LogP contribution in [-0.4, -0.2) is 48.3 Å². The van der Waals surface area contributed by atoms with Crippen molar-refractivity contribution < 1.29 is 19.4 Å². The minimum atomic E-state index is -0.742. The topological polar surface area (TPSA) is 71.9 Å². The van der Waals surface area contributed by atoms with Gasteiger partial charge in [0.05, 0.1) is 31.9 Å². The number of aryl methyl sites for hydroxylation is 1. The van der Waals surface area contributed by atoms with Crippen molar-refractivity contribution >= 4 is 5.97 Å². The van der Waals surface area contributed by atoms with Crippen LogP contribution in [0.2, 0.25) is 0 Å². The molecule has 3 rings (SSSR count). The van der Waals surface area contributed by atoms with Crippen LogP contribution in [0.25, 0.3) is 0 Å². The first-order valence-electron chi connectivity index (χ1n) is 9.15. The van der Waals surface area contributed by atoms with Gasteiger partial charge in [-0.25, -0.2) is 0 Å². The number of hydrogen-bond acceptors (Lipinski definition) is 5. The Bertz CT molecular complexity index is 809. The van der Waals surface area contributed by atoms with Crippen LogP contribution in [0.1, 0.15) is 35.7 Å². The average molecular weight is 370 g/mol. The Labute approximate surface area is 159 Å². The van der Waals surface area contributed by atoms with Crippen molar-refractivity contribution in [1.29, 1.82) is 0 Å². The van der Waals surface area contributed by atoms with Gasteiger partial charge in [-0.15, -0.1) is 0 Å². The molecule has 0 aliphatic carbocycles. The van der Waals surface area contributed by atoms with E-state index in [9.17, 15) is 9.90 Å². The van der Waals surface area contributed by atoms with Crippen LogP contribution in [-0.2, 0) is 4.79 Å². The maximum Gasteiger partial charge on any atom is 0.307 e. The number of benzene rings is 1. The summed E-state index contributed by atoms with van der Waals surface area (Å²) < 4.78 is 11.1. The molecular weight excluding hydrogens is 344 g/mol. The lowest BCUT2D eigenvalue weighted by atomic mass is 9.91. The molecule has 0 spiro atoms. The minimum absolute atomic E-state index is 0.196. The third-order valence-corrected chi connectivity index (χ3v) is 5.21. The summed E-state index contributed by atoms with van der Waals surface area (Å²) in [5.74, 6) is 0.357. The van der Waals surface area contributed by atoms with Crippen LogP contribution in [0.4, 0.5) is 0 Å². The standard InChI is InChI=1S/C21H26N2O4/c1-14-6-4-10-22-19(14)20(23-11-5-7-15(13-23)21(24)25)17-12-16(26-2)8-9-18(17)27-3/h4,6,8-10,12,15,20H,5,7,11,13H2,1-3H3,(H,24,25). The van der Waals surface area contributed by atoms with Crippen LogP contribution in [0.5, 0.6) is 11.5 Å². The second-order valence-corrected chi connectivity index (χ2v) is 6.89. The van der Waals surface area contributed by atoms with Gasteiger partial charge in [-0.1, -0.05) is 6.07 Å². The third kappa shape index (κ3) is 4.06. The van der Waals surface area contributed by atoms with E-state index >= 15 is 0 Å². The average Bonchev–Trinajstić information content (AvgIpc) is 2.69. The molecule has 2 atom stereocenters. The van der Waals surface area contributed by atoms with Gasteiger partial charge in [-0.2, -0.15) is 0 Å². The molecule has 1 aromatic heterocycles. The Kier molecular flexibility index (Phi) is 5.96. The molecular formula is C21H26N2O4. The highest BCUT2D eigenvalue weighted by molar-refractivity contribution is 5.70. The van der Waals surface area contributed by atoms with E-state index in [0.717, 1.165) is 41.3 Å². The number of carbonyl (C=O) groups is 1. The van der Waals surface area contributed by atoms with Gasteiger partial charge in [-0.05, 0) is 56.1 Å². The lowest BCUT2D eigenvalue weighted by Crippen LogP contribution is -2.41. The van der Waals surface area contributed by atoms with Crippen LogP contribution >= 0.6 is 0 Å². The van der Waals surface area contributed by atoms with Crippen molar-refractivity contribution in [3.05, 3.63) is 53.3 Å². The Hall–Kier alpha value is -2.60. The van der Waals surface area contributed by atoms with Gasteiger partial charge in [-0.3, -0.25) is 14.7 Å². The van der Waals surface area contributed by atoms with E-state index in [0.29, 0.717) is 13.0 Å². The highest BCUT2D eigenvalue weighted by atomic mass is 16.5. The fraction of sp³-hybridized carbons (Fsp3) is 0.429. The fourth-order valence-electron chi connectivity index (χ4n) is 3.80. The number of rotatable bonds is 6. The number of ether oxygens (including phenoxy) is 2. The molecule has 144 valence electrons. The predicted octanol–water partition coefficient (Wildman–Crippen LogP) is 3.29. The van der Waals surface area contributed by atoms with Crippen molar-refractivity contribution in [2.45, 2.75) is 25.8 Å². The largest absolute Gasteiger partial charge is 0.497 e. The second kappa shape index (κ2) is 8.39. The number of methoxy groups -OCH3 is 2. The van der Waals surface area contributed by atoms with Gasteiger partial charge in [0.1, 0.15) is 11.5 Å². The first-order chi connectivity index (χ1) is 13.0. The van der Waals surface area contributed by atoms with Crippen LogP contribution in [0, 0.1) is 12.8 Å². The smallest absolute Gasteiger partial charge is 0.307 e. The number of aromatic nitrogens is 1. The quantitative estimate of drug-likeness (QED) is 0.841. The van der Waals surface area contributed by atoms with E-state index in [-0.39, 0.29) is 12.0 Å². The van der Waals surface area contributed by atoms with Crippen molar-refractivity contribution in [2.24, 2.45) is 5.92 Å². The summed E-state index contributed by atoms with van der Waals surface area (Å²) in [6, 6.07) is 9.45. The molecule has 0 amide bonds. The van der Waals surface area contributed by atoms with Crippen molar-refractivity contribution in [3.8, 4) is 11.5 Å². The van der Waals surface area contributed by atoms with Crippen molar-refractivity contribution in [3.63, 3.8) is 0 Å².